The Morgan fingerprint density at radius 2 is 1.70 bits per heavy atom. The average molecular weight is 422 g/mol. The molecule has 30 heavy (non-hydrogen) atoms. The molecule has 0 atom stereocenters. The fourth-order valence-electron chi connectivity index (χ4n) is 3.62. The Morgan fingerprint density at radius 3 is 2.30 bits per heavy atom. The number of hydrogen-bond acceptors (Lipinski definition) is 5. The van der Waals surface area contributed by atoms with E-state index in [4.69, 9.17) is 11.6 Å². The van der Waals surface area contributed by atoms with Crippen LogP contribution in [-0.4, -0.2) is 33.8 Å². The van der Waals surface area contributed by atoms with Gasteiger partial charge in [-0.25, -0.2) is 9.97 Å². The first-order valence-electron chi connectivity index (χ1n) is 9.60. The Bertz CT molecular complexity index is 1080. The number of anilines is 1. The van der Waals surface area contributed by atoms with Gasteiger partial charge in [0.15, 0.2) is 0 Å². The normalized spacial score (nSPS) is 14.5. The minimum Gasteiger partial charge on any atom is -0.354 e. The van der Waals surface area contributed by atoms with Crippen LogP contribution in [0.3, 0.4) is 0 Å². The van der Waals surface area contributed by atoms with E-state index in [0.717, 1.165) is 36.0 Å². The predicted molar refractivity (Wildman–Crippen MR) is 114 cm³/mol. The lowest BCUT2D eigenvalue weighted by atomic mass is 9.63. The summed E-state index contributed by atoms with van der Waals surface area (Å²) in [5, 5.41) is 5.80. The molecule has 0 unspecified atom stereocenters. The number of hydrogen-bond donors (Lipinski definition) is 2. The van der Waals surface area contributed by atoms with Crippen LogP contribution in [0.4, 0.5) is 5.95 Å². The van der Waals surface area contributed by atoms with Crippen LogP contribution in [0.15, 0.2) is 55.0 Å². The molecule has 1 saturated carbocycles. The SMILES string of the molecule is CNC(=O)c1cc(-c2ccc(C3(C(=O)Nc4ncc(Cl)cn4)CCC3)cc2)ccn1. The van der Waals surface area contributed by atoms with E-state index in [9.17, 15) is 9.59 Å². The molecule has 1 aliphatic rings. The zero-order chi connectivity index (χ0) is 21.1. The van der Waals surface area contributed by atoms with Gasteiger partial charge in [0.1, 0.15) is 5.69 Å². The highest BCUT2D eigenvalue weighted by Crippen LogP contribution is 2.45. The van der Waals surface area contributed by atoms with Crippen molar-refractivity contribution in [3.05, 3.63) is 71.3 Å². The van der Waals surface area contributed by atoms with Crippen LogP contribution in [-0.2, 0) is 10.2 Å². The fourth-order valence-corrected chi connectivity index (χ4v) is 3.72. The maximum atomic E-state index is 13.0. The lowest BCUT2D eigenvalue weighted by Crippen LogP contribution is -2.46. The number of halogens is 1. The van der Waals surface area contributed by atoms with E-state index in [0.29, 0.717) is 10.7 Å². The van der Waals surface area contributed by atoms with Crippen LogP contribution >= 0.6 is 11.6 Å². The van der Waals surface area contributed by atoms with Gasteiger partial charge in [0.25, 0.3) is 5.91 Å². The average Bonchev–Trinajstić information content (AvgIpc) is 2.74. The second-order valence-electron chi connectivity index (χ2n) is 7.20. The molecule has 2 aromatic heterocycles. The summed E-state index contributed by atoms with van der Waals surface area (Å²) >= 11 is 5.81. The molecule has 8 heteroatoms. The first kappa shape index (κ1) is 20.0. The second-order valence-corrected chi connectivity index (χ2v) is 7.64. The Kier molecular flexibility index (Phi) is 5.46. The molecule has 7 nitrogen and oxygen atoms in total. The van der Waals surface area contributed by atoms with E-state index in [-0.39, 0.29) is 17.8 Å². The first-order chi connectivity index (χ1) is 14.5. The molecule has 3 aromatic rings. The van der Waals surface area contributed by atoms with Gasteiger partial charge in [-0.15, -0.1) is 0 Å². The highest BCUT2D eigenvalue weighted by Gasteiger charge is 2.45. The minimum absolute atomic E-state index is 0.116. The number of rotatable bonds is 5. The van der Waals surface area contributed by atoms with Gasteiger partial charge in [0.05, 0.1) is 22.8 Å². The molecule has 1 fully saturated rings. The van der Waals surface area contributed by atoms with Crippen molar-refractivity contribution in [2.45, 2.75) is 24.7 Å². The van der Waals surface area contributed by atoms with Crippen molar-refractivity contribution in [1.82, 2.24) is 20.3 Å². The van der Waals surface area contributed by atoms with E-state index in [1.807, 2.05) is 30.3 Å². The van der Waals surface area contributed by atoms with Crippen LogP contribution in [0.25, 0.3) is 11.1 Å². The van der Waals surface area contributed by atoms with Crippen molar-refractivity contribution in [2.75, 3.05) is 12.4 Å². The number of benzene rings is 1. The largest absolute Gasteiger partial charge is 0.354 e. The van der Waals surface area contributed by atoms with Crippen LogP contribution in [0.1, 0.15) is 35.3 Å². The highest BCUT2D eigenvalue weighted by atomic mass is 35.5. The van der Waals surface area contributed by atoms with Crippen molar-refractivity contribution in [3.8, 4) is 11.1 Å². The summed E-state index contributed by atoms with van der Waals surface area (Å²) in [5.41, 5.74) is 2.55. The molecular formula is C22H20ClN5O2. The summed E-state index contributed by atoms with van der Waals surface area (Å²) in [6.45, 7) is 0. The van der Waals surface area contributed by atoms with Crippen LogP contribution in [0.2, 0.25) is 5.02 Å². The topological polar surface area (TPSA) is 96.9 Å². The van der Waals surface area contributed by atoms with Gasteiger partial charge in [-0.2, -0.15) is 0 Å². The highest BCUT2D eigenvalue weighted by molar-refractivity contribution is 6.30. The molecule has 0 aliphatic heterocycles. The smallest absolute Gasteiger partial charge is 0.269 e. The molecule has 2 heterocycles. The van der Waals surface area contributed by atoms with Crippen molar-refractivity contribution in [2.24, 2.45) is 0 Å². The molecule has 0 bridgehead atoms. The summed E-state index contributed by atoms with van der Waals surface area (Å²) in [5.74, 6) is -0.108. The lowest BCUT2D eigenvalue weighted by Gasteiger charge is -2.40. The summed E-state index contributed by atoms with van der Waals surface area (Å²) < 4.78 is 0. The lowest BCUT2D eigenvalue weighted by molar-refractivity contribution is -0.124. The van der Waals surface area contributed by atoms with E-state index in [1.165, 1.54) is 12.4 Å². The fraction of sp³-hybridized carbons (Fsp3) is 0.227. The van der Waals surface area contributed by atoms with Crippen LogP contribution in [0.5, 0.6) is 0 Å². The van der Waals surface area contributed by atoms with Gasteiger partial charge in [0.2, 0.25) is 11.9 Å². The molecule has 2 N–H and O–H groups in total. The number of nitrogens with zero attached hydrogens (tertiary/aromatic N) is 3. The number of aromatic nitrogens is 3. The second kappa shape index (κ2) is 8.20. The van der Waals surface area contributed by atoms with Crippen molar-refractivity contribution in [3.63, 3.8) is 0 Å². The third-order valence-electron chi connectivity index (χ3n) is 5.48. The third kappa shape index (κ3) is 3.76. The monoisotopic (exact) mass is 421 g/mol. The molecule has 4 rings (SSSR count). The first-order valence-corrected chi connectivity index (χ1v) is 9.98. The Balaban J connectivity index is 1.57. The van der Waals surface area contributed by atoms with Gasteiger partial charge in [-0.3, -0.25) is 19.9 Å². The predicted octanol–water partition coefficient (Wildman–Crippen LogP) is 3.61. The Morgan fingerprint density at radius 1 is 1.00 bits per heavy atom. The maximum absolute atomic E-state index is 13.0. The molecule has 1 aliphatic carbocycles. The van der Waals surface area contributed by atoms with E-state index in [2.05, 4.69) is 25.6 Å². The van der Waals surface area contributed by atoms with Gasteiger partial charge in [-0.1, -0.05) is 42.3 Å². The molecule has 0 saturated heterocycles. The van der Waals surface area contributed by atoms with Crippen molar-refractivity contribution in [1.29, 1.82) is 0 Å². The molecular weight excluding hydrogens is 402 g/mol. The number of amides is 2. The Labute approximate surface area is 178 Å². The number of carbonyl (C=O) groups excluding carboxylic acids is 2. The zero-order valence-electron chi connectivity index (χ0n) is 16.4. The van der Waals surface area contributed by atoms with Crippen molar-refractivity contribution >= 4 is 29.4 Å². The molecule has 0 radical (unpaired) electrons. The maximum Gasteiger partial charge on any atom is 0.269 e. The number of carbonyl (C=O) groups is 2. The van der Waals surface area contributed by atoms with E-state index in [1.54, 1.807) is 19.3 Å². The van der Waals surface area contributed by atoms with Crippen molar-refractivity contribution < 1.29 is 9.59 Å². The van der Waals surface area contributed by atoms with Gasteiger partial charge >= 0.3 is 0 Å². The summed E-state index contributed by atoms with van der Waals surface area (Å²) in [6.07, 6.45) is 7.03. The Hall–Kier alpha value is -3.32. The third-order valence-corrected chi connectivity index (χ3v) is 5.67. The van der Waals surface area contributed by atoms with Crippen LogP contribution in [0, 0.1) is 0 Å². The molecule has 1 aromatic carbocycles. The number of pyridine rings is 1. The molecule has 152 valence electrons. The standard InChI is InChI=1S/C22H20ClN5O2/c1-24-19(29)18-11-15(7-10-25-18)14-3-5-16(6-4-14)22(8-2-9-22)20(30)28-21-26-12-17(23)13-27-21/h3-7,10-13H,2,8-9H2,1H3,(H,24,29)(H,26,27,28,30). The quantitative estimate of drug-likeness (QED) is 0.655. The summed E-state index contributed by atoms with van der Waals surface area (Å²) in [6, 6.07) is 11.5. The van der Waals surface area contributed by atoms with E-state index >= 15 is 0 Å². The van der Waals surface area contributed by atoms with Gasteiger partial charge < -0.3 is 5.32 Å². The van der Waals surface area contributed by atoms with E-state index < -0.39 is 5.41 Å². The zero-order valence-corrected chi connectivity index (χ0v) is 17.1. The molecule has 2 amide bonds. The summed E-state index contributed by atoms with van der Waals surface area (Å²) in [4.78, 5) is 37.1. The number of nitrogens with one attached hydrogen (secondary N) is 2. The van der Waals surface area contributed by atoms with Gasteiger partial charge in [-0.05, 0) is 41.7 Å². The minimum atomic E-state index is -0.590. The van der Waals surface area contributed by atoms with Gasteiger partial charge in [0, 0.05) is 13.2 Å². The van der Waals surface area contributed by atoms with Crippen LogP contribution < -0.4 is 10.6 Å². The molecule has 0 spiro atoms. The summed E-state index contributed by atoms with van der Waals surface area (Å²) in [7, 11) is 1.57.